The number of nitrogens with zero attached hydrogens (tertiary/aromatic N) is 2. The zero-order valence-corrected chi connectivity index (χ0v) is 10.7. The van der Waals surface area contributed by atoms with Gasteiger partial charge in [-0.3, -0.25) is 0 Å². The number of likely N-dealkylation sites (N-methyl/N-ethyl adjacent to an activating group) is 2. The maximum Gasteiger partial charge on any atom is 0.0502 e. The number of allylic oxidation sites excluding steroid dienone is 2. The minimum Gasteiger partial charge on any atom is -0.397 e. The Labute approximate surface area is 94.2 Å². The van der Waals surface area contributed by atoms with E-state index in [1.807, 2.05) is 6.20 Å². The van der Waals surface area contributed by atoms with Crippen LogP contribution in [-0.4, -0.2) is 44.0 Å². The molecule has 0 aromatic rings. The third kappa shape index (κ3) is 7.03. The van der Waals surface area contributed by atoms with E-state index in [0.29, 0.717) is 0 Å². The van der Waals surface area contributed by atoms with Crippen LogP contribution in [0.2, 0.25) is 0 Å². The van der Waals surface area contributed by atoms with Gasteiger partial charge in [-0.2, -0.15) is 0 Å². The van der Waals surface area contributed by atoms with Crippen molar-refractivity contribution in [3.8, 4) is 0 Å². The second kappa shape index (κ2) is 7.35. The van der Waals surface area contributed by atoms with E-state index in [1.54, 1.807) is 0 Å². The van der Waals surface area contributed by atoms with E-state index in [9.17, 15) is 0 Å². The Morgan fingerprint density at radius 1 is 1.20 bits per heavy atom. The monoisotopic (exact) mass is 211 g/mol. The van der Waals surface area contributed by atoms with E-state index in [1.165, 1.54) is 0 Å². The van der Waals surface area contributed by atoms with Crippen molar-refractivity contribution in [2.75, 3.05) is 34.2 Å². The van der Waals surface area contributed by atoms with Gasteiger partial charge in [0.15, 0.2) is 0 Å². The van der Waals surface area contributed by atoms with Crippen LogP contribution in [-0.2, 0) is 0 Å². The standard InChI is InChI=1S/C12H25N3/c1-6-7-11(2)12(13)10-15(5)9-8-14(3)4/h7,10H,6,8-9,13H2,1-5H3/b11-7+,12-10+. The van der Waals surface area contributed by atoms with Crippen LogP contribution in [0.25, 0.3) is 0 Å². The highest BCUT2D eigenvalue weighted by Crippen LogP contribution is 2.04. The highest BCUT2D eigenvalue weighted by atomic mass is 15.1. The van der Waals surface area contributed by atoms with Crippen LogP contribution >= 0.6 is 0 Å². The summed E-state index contributed by atoms with van der Waals surface area (Å²) in [7, 11) is 6.20. The molecule has 2 N–H and O–H groups in total. The molecule has 3 nitrogen and oxygen atoms in total. The average Bonchev–Trinajstić information content (AvgIpc) is 2.15. The summed E-state index contributed by atoms with van der Waals surface area (Å²) < 4.78 is 0. The highest BCUT2D eigenvalue weighted by molar-refractivity contribution is 5.25. The van der Waals surface area contributed by atoms with Crippen molar-refractivity contribution in [3.63, 3.8) is 0 Å². The molecule has 0 rings (SSSR count). The molecule has 0 aliphatic carbocycles. The van der Waals surface area contributed by atoms with Crippen molar-refractivity contribution in [3.05, 3.63) is 23.5 Å². The first-order chi connectivity index (χ1) is 6.97. The van der Waals surface area contributed by atoms with Crippen molar-refractivity contribution in [1.82, 2.24) is 9.80 Å². The molecule has 0 aromatic carbocycles. The van der Waals surface area contributed by atoms with E-state index in [-0.39, 0.29) is 0 Å². The summed E-state index contributed by atoms with van der Waals surface area (Å²) in [5.41, 5.74) is 7.97. The second-order valence-electron chi connectivity index (χ2n) is 4.16. The lowest BCUT2D eigenvalue weighted by atomic mass is 10.2. The minimum atomic E-state index is 0.859. The molecule has 0 bridgehead atoms. The molecule has 0 unspecified atom stereocenters. The van der Waals surface area contributed by atoms with Crippen LogP contribution in [0.4, 0.5) is 0 Å². The molecule has 0 atom stereocenters. The fraction of sp³-hybridized carbons (Fsp3) is 0.667. The Bertz CT molecular complexity index is 229. The molecule has 0 aliphatic heterocycles. The highest BCUT2D eigenvalue weighted by Gasteiger charge is 1.97. The van der Waals surface area contributed by atoms with E-state index in [0.717, 1.165) is 30.8 Å². The van der Waals surface area contributed by atoms with Gasteiger partial charge in [-0.05, 0) is 33.0 Å². The van der Waals surface area contributed by atoms with Gasteiger partial charge >= 0.3 is 0 Å². The van der Waals surface area contributed by atoms with Gasteiger partial charge in [0.2, 0.25) is 0 Å². The minimum absolute atomic E-state index is 0.859. The fourth-order valence-corrected chi connectivity index (χ4v) is 1.19. The lowest BCUT2D eigenvalue weighted by Gasteiger charge is -2.18. The van der Waals surface area contributed by atoms with Gasteiger partial charge in [-0.25, -0.2) is 0 Å². The zero-order chi connectivity index (χ0) is 11.8. The third-order valence-electron chi connectivity index (χ3n) is 2.23. The molecule has 15 heavy (non-hydrogen) atoms. The first kappa shape index (κ1) is 14.0. The van der Waals surface area contributed by atoms with Crippen molar-refractivity contribution < 1.29 is 0 Å². The van der Waals surface area contributed by atoms with Gasteiger partial charge in [0.1, 0.15) is 0 Å². The largest absolute Gasteiger partial charge is 0.397 e. The molecule has 88 valence electrons. The Balaban J connectivity index is 4.16. The van der Waals surface area contributed by atoms with Crippen molar-refractivity contribution in [2.45, 2.75) is 20.3 Å². The van der Waals surface area contributed by atoms with Gasteiger partial charge in [0, 0.05) is 26.3 Å². The normalized spacial score (nSPS) is 13.5. The molecule has 0 aliphatic rings. The van der Waals surface area contributed by atoms with E-state index >= 15 is 0 Å². The smallest absolute Gasteiger partial charge is 0.0502 e. The van der Waals surface area contributed by atoms with Crippen molar-refractivity contribution in [1.29, 1.82) is 0 Å². The molecule has 0 radical (unpaired) electrons. The Morgan fingerprint density at radius 2 is 1.80 bits per heavy atom. The summed E-state index contributed by atoms with van der Waals surface area (Å²) in [6.07, 6.45) is 5.18. The van der Waals surface area contributed by atoms with Crippen LogP contribution in [0.5, 0.6) is 0 Å². The van der Waals surface area contributed by atoms with Crippen LogP contribution in [0, 0.1) is 0 Å². The Morgan fingerprint density at radius 3 is 2.27 bits per heavy atom. The zero-order valence-electron chi connectivity index (χ0n) is 10.7. The average molecular weight is 211 g/mol. The number of rotatable bonds is 6. The fourth-order valence-electron chi connectivity index (χ4n) is 1.19. The Kier molecular flexibility index (Phi) is 6.88. The molecule has 0 amide bonds. The van der Waals surface area contributed by atoms with Gasteiger partial charge in [0.05, 0.1) is 5.70 Å². The molecular weight excluding hydrogens is 186 g/mol. The number of hydrogen-bond acceptors (Lipinski definition) is 3. The predicted molar refractivity (Wildman–Crippen MR) is 67.5 cm³/mol. The topological polar surface area (TPSA) is 32.5 Å². The van der Waals surface area contributed by atoms with Gasteiger partial charge in [0.25, 0.3) is 0 Å². The molecule has 0 fully saturated rings. The van der Waals surface area contributed by atoms with Gasteiger partial charge in [-0.1, -0.05) is 13.0 Å². The molecule has 3 heteroatoms. The van der Waals surface area contributed by atoms with Gasteiger partial charge < -0.3 is 15.5 Å². The first-order valence-corrected chi connectivity index (χ1v) is 5.46. The molecule has 0 spiro atoms. The maximum absolute atomic E-state index is 5.95. The van der Waals surface area contributed by atoms with Gasteiger partial charge in [-0.15, -0.1) is 0 Å². The summed E-state index contributed by atoms with van der Waals surface area (Å²) in [6, 6.07) is 0. The van der Waals surface area contributed by atoms with E-state index < -0.39 is 0 Å². The summed E-state index contributed by atoms with van der Waals surface area (Å²) >= 11 is 0. The van der Waals surface area contributed by atoms with Crippen LogP contribution < -0.4 is 5.73 Å². The third-order valence-corrected chi connectivity index (χ3v) is 2.23. The summed E-state index contributed by atoms with van der Waals surface area (Å²) in [5.74, 6) is 0. The summed E-state index contributed by atoms with van der Waals surface area (Å²) in [5, 5.41) is 0. The van der Waals surface area contributed by atoms with Crippen LogP contribution in [0.3, 0.4) is 0 Å². The van der Waals surface area contributed by atoms with Crippen molar-refractivity contribution >= 4 is 0 Å². The van der Waals surface area contributed by atoms with E-state index in [4.69, 9.17) is 5.73 Å². The summed E-state index contributed by atoms with van der Waals surface area (Å²) in [6.45, 7) is 6.20. The molecule has 0 heterocycles. The summed E-state index contributed by atoms with van der Waals surface area (Å²) in [4.78, 5) is 4.29. The number of nitrogens with two attached hydrogens (primary N) is 1. The second-order valence-corrected chi connectivity index (χ2v) is 4.16. The van der Waals surface area contributed by atoms with Crippen LogP contribution in [0.15, 0.2) is 23.5 Å². The predicted octanol–water partition coefficient (Wildman–Crippen LogP) is 1.64. The quantitative estimate of drug-likeness (QED) is 0.678. The lowest BCUT2D eigenvalue weighted by molar-refractivity contribution is 0.339. The van der Waals surface area contributed by atoms with Crippen molar-refractivity contribution in [2.24, 2.45) is 5.73 Å². The van der Waals surface area contributed by atoms with E-state index in [2.05, 4.69) is 50.9 Å². The molecule has 0 saturated carbocycles. The first-order valence-electron chi connectivity index (χ1n) is 5.46. The SMILES string of the molecule is CC/C=C(C)/C(N)=C\N(C)CCN(C)C. The molecular formula is C12H25N3. The lowest BCUT2D eigenvalue weighted by Crippen LogP contribution is -2.26. The van der Waals surface area contributed by atoms with Crippen LogP contribution in [0.1, 0.15) is 20.3 Å². The number of hydrogen-bond donors (Lipinski definition) is 1. The Hall–Kier alpha value is -0.960. The molecule has 0 aromatic heterocycles. The maximum atomic E-state index is 5.95. The molecule has 0 saturated heterocycles.